The molecule has 0 aromatic heterocycles. The van der Waals surface area contributed by atoms with E-state index < -0.39 is 0 Å². The zero-order valence-electron chi connectivity index (χ0n) is 10.1. The molecule has 0 aromatic carbocycles. The summed E-state index contributed by atoms with van der Waals surface area (Å²) in [5.74, 6) is -0.0761. The van der Waals surface area contributed by atoms with Crippen LogP contribution in [0.15, 0.2) is 0 Å². The minimum atomic E-state index is -0.336. The molecule has 2 rings (SSSR count). The van der Waals surface area contributed by atoms with Gasteiger partial charge < -0.3 is 20.3 Å². The summed E-state index contributed by atoms with van der Waals surface area (Å²) in [7, 11) is 1.75. The van der Waals surface area contributed by atoms with Gasteiger partial charge in [-0.05, 0) is 6.42 Å². The summed E-state index contributed by atoms with van der Waals surface area (Å²) in [6.45, 7) is 2.76. The molecule has 96 valence electrons. The maximum absolute atomic E-state index is 11.7. The Morgan fingerprint density at radius 1 is 1.65 bits per heavy atom. The van der Waals surface area contributed by atoms with E-state index in [2.05, 4.69) is 10.6 Å². The molecule has 0 radical (unpaired) electrons. The second kappa shape index (κ2) is 5.46. The Labute approximate surface area is 101 Å². The Morgan fingerprint density at radius 3 is 3.06 bits per heavy atom. The predicted molar refractivity (Wildman–Crippen MR) is 61.4 cm³/mol. The second-order valence-corrected chi connectivity index (χ2v) is 4.60. The van der Waals surface area contributed by atoms with Crippen molar-refractivity contribution in [3.63, 3.8) is 0 Å². The number of hydrogen-bond acceptors (Lipinski definition) is 4. The number of carbonyl (C=O) groups excluding carboxylic acids is 2. The highest BCUT2D eigenvalue weighted by Crippen LogP contribution is 2.09. The first-order valence-corrected chi connectivity index (χ1v) is 6.02. The summed E-state index contributed by atoms with van der Waals surface area (Å²) in [6, 6.07) is -0.269. The number of rotatable bonds is 3. The minimum Gasteiger partial charge on any atom is -0.378 e. The highest BCUT2D eigenvalue weighted by atomic mass is 16.5. The van der Waals surface area contributed by atoms with E-state index in [1.165, 1.54) is 0 Å². The van der Waals surface area contributed by atoms with Crippen LogP contribution in [-0.4, -0.2) is 62.1 Å². The van der Waals surface area contributed by atoms with E-state index in [0.29, 0.717) is 32.6 Å². The van der Waals surface area contributed by atoms with Gasteiger partial charge in [-0.1, -0.05) is 0 Å². The first kappa shape index (κ1) is 12.3. The van der Waals surface area contributed by atoms with Gasteiger partial charge in [-0.15, -0.1) is 0 Å². The molecule has 0 saturated carbocycles. The summed E-state index contributed by atoms with van der Waals surface area (Å²) in [5.41, 5.74) is 0. The number of carbonyl (C=O) groups is 2. The van der Waals surface area contributed by atoms with E-state index in [0.717, 1.165) is 6.54 Å². The Morgan fingerprint density at radius 2 is 2.47 bits per heavy atom. The van der Waals surface area contributed by atoms with Crippen LogP contribution in [0, 0.1) is 0 Å². The summed E-state index contributed by atoms with van der Waals surface area (Å²) < 4.78 is 5.27. The van der Waals surface area contributed by atoms with E-state index in [4.69, 9.17) is 4.74 Å². The van der Waals surface area contributed by atoms with Crippen LogP contribution in [0.3, 0.4) is 0 Å². The minimum absolute atomic E-state index is 0.00574. The topological polar surface area (TPSA) is 70.7 Å². The van der Waals surface area contributed by atoms with Crippen LogP contribution in [0.25, 0.3) is 0 Å². The summed E-state index contributed by atoms with van der Waals surface area (Å²) in [6.07, 6.45) is 1.07. The molecule has 2 saturated heterocycles. The quantitative estimate of drug-likeness (QED) is 0.645. The number of ether oxygens (including phenoxy) is 1. The van der Waals surface area contributed by atoms with Crippen molar-refractivity contribution in [3.05, 3.63) is 0 Å². The van der Waals surface area contributed by atoms with Gasteiger partial charge >= 0.3 is 0 Å². The molecular formula is C11H19N3O3. The lowest BCUT2D eigenvalue weighted by Crippen LogP contribution is -2.47. The third kappa shape index (κ3) is 3.17. The summed E-state index contributed by atoms with van der Waals surface area (Å²) in [5, 5.41) is 5.99. The molecule has 17 heavy (non-hydrogen) atoms. The van der Waals surface area contributed by atoms with Crippen LogP contribution in [0.2, 0.25) is 0 Å². The highest BCUT2D eigenvalue weighted by molar-refractivity contribution is 5.89. The van der Waals surface area contributed by atoms with Gasteiger partial charge in [-0.3, -0.25) is 9.59 Å². The van der Waals surface area contributed by atoms with E-state index in [9.17, 15) is 9.59 Å². The fourth-order valence-corrected chi connectivity index (χ4v) is 2.18. The molecule has 2 aliphatic heterocycles. The number of likely N-dealkylation sites (N-methyl/N-ethyl adjacent to an activating group) is 1. The number of nitrogens with zero attached hydrogens (tertiary/aromatic N) is 1. The largest absolute Gasteiger partial charge is 0.378 e. The van der Waals surface area contributed by atoms with Crippen LogP contribution < -0.4 is 10.6 Å². The second-order valence-electron chi connectivity index (χ2n) is 4.60. The molecule has 2 unspecified atom stereocenters. The zero-order chi connectivity index (χ0) is 12.3. The van der Waals surface area contributed by atoms with Crippen LogP contribution in [-0.2, 0) is 14.3 Å². The van der Waals surface area contributed by atoms with Gasteiger partial charge in [-0.25, -0.2) is 0 Å². The molecule has 0 aliphatic carbocycles. The monoisotopic (exact) mass is 241 g/mol. The van der Waals surface area contributed by atoms with Crippen molar-refractivity contribution in [1.82, 2.24) is 15.5 Å². The third-order valence-corrected chi connectivity index (χ3v) is 3.19. The maximum Gasteiger partial charge on any atom is 0.244 e. The smallest absolute Gasteiger partial charge is 0.244 e. The number of nitrogens with one attached hydrogen (secondary N) is 2. The van der Waals surface area contributed by atoms with Gasteiger partial charge in [0.2, 0.25) is 11.8 Å². The van der Waals surface area contributed by atoms with Crippen LogP contribution in [0.5, 0.6) is 0 Å². The van der Waals surface area contributed by atoms with Crippen molar-refractivity contribution in [1.29, 1.82) is 0 Å². The van der Waals surface area contributed by atoms with Crippen LogP contribution in [0.1, 0.15) is 12.8 Å². The normalized spacial score (nSPS) is 29.5. The summed E-state index contributed by atoms with van der Waals surface area (Å²) in [4.78, 5) is 25.0. The average molecular weight is 241 g/mol. The van der Waals surface area contributed by atoms with Gasteiger partial charge in [-0.2, -0.15) is 0 Å². The predicted octanol–water partition coefficient (Wildman–Crippen LogP) is -1.29. The van der Waals surface area contributed by atoms with Crippen LogP contribution >= 0.6 is 0 Å². The first-order valence-electron chi connectivity index (χ1n) is 6.02. The molecule has 0 aromatic rings. The molecule has 2 aliphatic rings. The van der Waals surface area contributed by atoms with Crippen LogP contribution in [0.4, 0.5) is 0 Å². The fourth-order valence-electron chi connectivity index (χ4n) is 2.18. The number of amides is 2. The lowest BCUT2D eigenvalue weighted by Gasteiger charge is -2.23. The number of likely N-dealkylation sites (tertiary alicyclic amines) is 1. The molecule has 6 heteroatoms. The molecule has 6 nitrogen and oxygen atoms in total. The first-order chi connectivity index (χ1) is 8.16. The number of morpholine rings is 1. The molecule has 2 heterocycles. The zero-order valence-corrected chi connectivity index (χ0v) is 10.1. The van der Waals surface area contributed by atoms with Crippen molar-refractivity contribution >= 4 is 11.8 Å². The molecule has 2 N–H and O–H groups in total. The lowest BCUT2D eigenvalue weighted by molar-refractivity contribution is -0.132. The van der Waals surface area contributed by atoms with E-state index >= 15 is 0 Å². The molecular weight excluding hydrogens is 222 g/mol. The Balaban J connectivity index is 1.75. The third-order valence-electron chi connectivity index (χ3n) is 3.19. The van der Waals surface area contributed by atoms with Crippen molar-refractivity contribution < 1.29 is 14.3 Å². The van der Waals surface area contributed by atoms with E-state index in [1.807, 2.05) is 0 Å². The molecule has 0 bridgehead atoms. The average Bonchev–Trinajstić information content (AvgIpc) is 2.62. The molecule has 2 atom stereocenters. The van der Waals surface area contributed by atoms with Crippen molar-refractivity contribution in [2.24, 2.45) is 0 Å². The molecule has 0 spiro atoms. The van der Waals surface area contributed by atoms with Gasteiger partial charge in [0.15, 0.2) is 0 Å². The Kier molecular flexibility index (Phi) is 3.96. The highest BCUT2D eigenvalue weighted by Gasteiger charge is 2.30. The van der Waals surface area contributed by atoms with E-state index in [1.54, 1.807) is 11.9 Å². The van der Waals surface area contributed by atoms with Gasteiger partial charge in [0.1, 0.15) is 6.04 Å². The van der Waals surface area contributed by atoms with Crippen molar-refractivity contribution in [3.8, 4) is 0 Å². The Hall–Kier alpha value is -1.14. The van der Waals surface area contributed by atoms with Gasteiger partial charge in [0.05, 0.1) is 13.2 Å². The maximum atomic E-state index is 11.7. The fraction of sp³-hybridized carbons (Fsp3) is 0.818. The number of hydrogen-bond donors (Lipinski definition) is 2. The lowest BCUT2D eigenvalue weighted by atomic mass is 10.1. The standard InChI is InChI=1S/C11H19N3O3/c1-14-4-2-9(11(14)16)13-10(15)6-8-7-17-5-3-12-8/h8-9,12H,2-7H2,1H3,(H,13,15). The van der Waals surface area contributed by atoms with Gasteiger partial charge in [0.25, 0.3) is 0 Å². The van der Waals surface area contributed by atoms with E-state index in [-0.39, 0.29) is 23.9 Å². The molecule has 2 fully saturated rings. The Bertz CT molecular complexity index is 302. The van der Waals surface area contributed by atoms with Crippen molar-refractivity contribution in [2.45, 2.75) is 24.9 Å². The van der Waals surface area contributed by atoms with Crippen molar-refractivity contribution in [2.75, 3.05) is 33.4 Å². The SMILES string of the molecule is CN1CCC(NC(=O)CC2COCCN2)C1=O. The molecule has 2 amide bonds. The van der Waals surface area contributed by atoms with Gasteiger partial charge in [0, 0.05) is 32.6 Å². The summed E-state index contributed by atoms with van der Waals surface area (Å²) >= 11 is 0.